The van der Waals surface area contributed by atoms with Crippen LogP contribution in [0.3, 0.4) is 0 Å². The molecule has 0 aliphatic carbocycles. The van der Waals surface area contributed by atoms with Crippen LogP contribution in [0.2, 0.25) is 0 Å². The lowest BCUT2D eigenvalue weighted by Gasteiger charge is -2.34. The van der Waals surface area contributed by atoms with Crippen molar-refractivity contribution in [3.8, 4) is 0 Å². The summed E-state index contributed by atoms with van der Waals surface area (Å²) in [6.45, 7) is 4.05. The number of rotatable bonds is 6. The average Bonchev–Trinajstić information content (AvgIpc) is 3.28. The highest BCUT2D eigenvalue weighted by atomic mass is 19.3. The van der Waals surface area contributed by atoms with Crippen LogP contribution in [0.25, 0.3) is 11.0 Å². The Kier molecular flexibility index (Phi) is 8.54. The number of carbonyl (C=O) groups excluding carboxylic acids is 1. The Hall–Kier alpha value is -3.53. The number of hydrogen-bond acceptors (Lipinski definition) is 6. The molecule has 2 aliphatic rings. The summed E-state index contributed by atoms with van der Waals surface area (Å²) in [5.41, 5.74) is 5.43. The van der Waals surface area contributed by atoms with Crippen LogP contribution in [0.1, 0.15) is 54.2 Å². The zero-order chi connectivity index (χ0) is 28.3. The van der Waals surface area contributed by atoms with Crippen LogP contribution in [0.5, 0.6) is 0 Å². The van der Waals surface area contributed by atoms with Crippen LogP contribution in [0.4, 0.5) is 14.5 Å². The number of imidazole rings is 1. The first kappa shape index (κ1) is 28.5. The molecule has 1 aromatic heterocycles. The van der Waals surface area contributed by atoms with Gasteiger partial charge in [-0.2, -0.15) is 0 Å². The molecule has 2 aliphatic heterocycles. The minimum Gasteiger partial charge on any atom is -0.481 e. The number of halogens is 2. The summed E-state index contributed by atoms with van der Waals surface area (Å²) >= 11 is 0. The first-order valence-corrected chi connectivity index (χ1v) is 13.0. The van der Waals surface area contributed by atoms with Crippen molar-refractivity contribution in [2.75, 3.05) is 32.3 Å². The number of aromatic nitrogens is 2. The number of ether oxygens (including phenoxy) is 2. The van der Waals surface area contributed by atoms with Gasteiger partial charge < -0.3 is 24.0 Å². The number of carbonyl (C=O) groups is 2. The van der Waals surface area contributed by atoms with E-state index in [2.05, 4.69) is 23.6 Å². The summed E-state index contributed by atoms with van der Waals surface area (Å²) < 4.78 is 39.7. The Balaban J connectivity index is 0.000000826. The molecule has 3 heterocycles. The molecule has 0 saturated carbocycles. The quantitative estimate of drug-likeness (QED) is 0.442. The molecule has 0 radical (unpaired) electrons. The van der Waals surface area contributed by atoms with Crippen LogP contribution in [0.15, 0.2) is 36.4 Å². The fraction of sp³-hybridized carbons (Fsp3) is 0.483. The van der Waals surface area contributed by atoms with Crippen molar-refractivity contribution in [2.45, 2.75) is 63.5 Å². The molecule has 2 aromatic carbocycles. The monoisotopic (exact) mass is 543 g/mol. The van der Waals surface area contributed by atoms with Crippen molar-refractivity contribution in [2.24, 2.45) is 0 Å². The van der Waals surface area contributed by atoms with E-state index >= 15 is 0 Å². The van der Waals surface area contributed by atoms with Gasteiger partial charge in [0.25, 0.3) is 12.4 Å². The first-order chi connectivity index (χ1) is 18.6. The van der Waals surface area contributed by atoms with Crippen molar-refractivity contribution in [3.05, 3.63) is 58.9 Å². The summed E-state index contributed by atoms with van der Waals surface area (Å²) in [7, 11) is 3.37. The molecule has 0 bridgehead atoms. The molecule has 1 saturated heterocycles. The fourth-order valence-electron chi connectivity index (χ4n) is 5.47. The summed E-state index contributed by atoms with van der Waals surface area (Å²) in [5, 5.41) is 10.1. The third-order valence-corrected chi connectivity index (χ3v) is 7.65. The van der Waals surface area contributed by atoms with Crippen LogP contribution in [0, 0.1) is 6.92 Å². The van der Waals surface area contributed by atoms with Gasteiger partial charge in [-0.05, 0) is 44.4 Å². The molecule has 5 rings (SSSR count). The second-order valence-electron chi connectivity index (χ2n) is 10.4. The number of hydrogen-bond donors (Lipinski definition) is 1. The maximum absolute atomic E-state index is 14.4. The van der Waals surface area contributed by atoms with E-state index in [0.29, 0.717) is 23.9 Å². The van der Waals surface area contributed by atoms with Gasteiger partial charge in [-0.25, -0.2) is 13.8 Å². The van der Waals surface area contributed by atoms with E-state index in [4.69, 9.17) is 14.5 Å². The van der Waals surface area contributed by atoms with Crippen molar-refractivity contribution in [3.63, 3.8) is 0 Å². The van der Waals surface area contributed by atoms with Crippen LogP contribution < -0.4 is 4.90 Å². The van der Waals surface area contributed by atoms with Crippen molar-refractivity contribution >= 4 is 29.2 Å². The van der Waals surface area contributed by atoms with Crippen molar-refractivity contribution in [1.29, 1.82) is 0 Å². The minimum absolute atomic E-state index is 0.107. The molecule has 1 fully saturated rings. The molecule has 8 nitrogen and oxygen atoms in total. The van der Waals surface area contributed by atoms with Crippen molar-refractivity contribution < 1.29 is 33.0 Å². The van der Waals surface area contributed by atoms with Gasteiger partial charge in [0, 0.05) is 37.2 Å². The lowest BCUT2D eigenvalue weighted by molar-refractivity contribution is -0.139. The number of benzene rings is 2. The molecular formula is C29H35F2N3O5. The maximum Gasteiger partial charge on any atom is 0.311 e. The lowest BCUT2D eigenvalue weighted by Crippen LogP contribution is -2.37. The van der Waals surface area contributed by atoms with E-state index < -0.39 is 30.5 Å². The van der Waals surface area contributed by atoms with E-state index in [0.717, 1.165) is 40.7 Å². The molecule has 1 N–H and O–H groups in total. The molecule has 0 amide bonds. The summed E-state index contributed by atoms with van der Waals surface area (Å²) in [6.07, 6.45) is 1.56. The average molecular weight is 544 g/mol. The molecule has 3 atom stereocenters. The zero-order valence-electron chi connectivity index (χ0n) is 22.7. The van der Waals surface area contributed by atoms with Crippen molar-refractivity contribution in [1.82, 2.24) is 9.55 Å². The number of alkyl halides is 2. The third kappa shape index (κ3) is 6.06. The molecule has 10 heteroatoms. The Morgan fingerprint density at radius 2 is 1.97 bits per heavy atom. The Bertz CT molecular complexity index is 1320. The van der Waals surface area contributed by atoms with Gasteiger partial charge in [-0.3, -0.25) is 9.59 Å². The van der Waals surface area contributed by atoms with Gasteiger partial charge in [0.05, 0.1) is 36.7 Å². The predicted octanol–water partition coefficient (Wildman–Crippen LogP) is 4.91. The Labute approximate surface area is 226 Å². The number of aryl methyl sites for hydroxylation is 2. The maximum atomic E-state index is 14.4. The first-order valence-electron chi connectivity index (χ1n) is 13.0. The number of methoxy groups -OCH3 is 1. The highest BCUT2D eigenvalue weighted by Gasteiger charge is 2.40. The zero-order valence-corrected chi connectivity index (χ0v) is 22.7. The molecular weight excluding hydrogens is 508 g/mol. The summed E-state index contributed by atoms with van der Waals surface area (Å²) in [4.78, 5) is 28.4. The summed E-state index contributed by atoms with van der Waals surface area (Å²) in [5.74, 6) is -4.24. The number of aliphatic carboxylic acids is 1. The van der Waals surface area contributed by atoms with Gasteiger partial charge in [0.15, 0.2) is 0 Å². The second-order valence-corrected chi connectivity index (χ2v) is 10.4. The lowest BCUT2D eigenvalue weighted by atomic mass is 9.94. The number of nitrogens with zero attached hydrogens (tertiary/aromatic N) is 3. The van der Waals surface area contributed by atoms with Gasteiger partial charge in [-0.15, -0.1) is 0 Å². The number of fused-ring (bicyclic) bond motifs is 3. The minimum atomic E-state index is -2.94. The number of carboxylic acid groups (broad SMARTS) is 1. The van der Waals surface area contributed by atoms with E-state index in [1.165, 1.54) is 7.11 Å². The highest BCUT2D eigenvalue weighted by Crippen LogP contribution is 2.40. The standard InChI is InChI=1S/C27H31F2N3O3.C2H4O2/c1-16-4-7-18(8-5-16)21(26(33)34)12-24-30-25-20-9-6-17(2)31(3)22(20)10-11-23(25)32(24)19-13-27(28,29)15-35-14-19;1-4-2-3/h4-5,7-8,10-11,17,19,21H,6,9,12-15H2,1-3H3,(H,33,34);2H,1H3. The third-order valence-electron chi connectivity index (χ3n) is 7.65. The van der Waals surface area contributed by atoms with E-state index in [9.17, 15) is 18.7 Å². The Morgan fingerprint density at radius 3 is 2.59 bits per heavy atom. The SMILES string of the molecule is COC=O.Cc1ccc(C(Cc2nc3c4c(ccc3n2C2COCC(F)(F)C2)N(C)C(C)CC4)C(=O)O)cc1. The fourth-order valence-corrected chi connectivity index (χ4v) is 5.47. The Morgan fingerprint density at radius 1 is 1.28 bits per heavy atom. The normalized spacial score (nSPS) is 20.9. The molecule has 3 unspecified atom stereocenters. The number of carboxylic acids is 1. The summed E-state index contributed by atoms with van der Waals surface area (Å²) in [6, 6.07) is 11.1. The molecule has 3 aromatic rings. The van der Waals surface area contributed by atoms with E-state index in [-0.39, 0.29) is 19.4 Å². The molecule has 0 spiro atoms. The number of anilines is 1. The van der Waals surface area contributed by atoms with Crippen LogP contribution in [-0.4, -0.2) is 66.4 Å². The molecule has 39 heavy (non-hydrogen) atoms. The highest BCUT2D eigenvalue weighted by molar-refractivity contribution is 5.86. The van der Waals surface area contributed by atoms with Gasteiger partial charge in [-0.1, -0.05) is 29.8 Å². The molecule has 210 valence electrons. The van der Waals surface area contributed by atoms with Crippen LogP contribution in [-0.2, 0) is 31.9 Å². The van der Waals surface area contributed by atoms with E-state index in [1.54, 1.807) is 0 Å². The predicted molar refractivity (Wildman–Crippen MR) is 144 cm³/mol. The second kappa shape index (κ2) is 11.7. The largest absolute Gasteiger partial charge is 0.481 e. The van der Waals surface area contributed by atoms with Gasteiger partial charge in [0.1, 0.15) is 12.4 Å². The van der Waals surface area contributed by atoms with E-state index in [1.807, 2.05) is 47.9 Å². The topological polar surface area (TPSA) is 93.9 Å². The van der Waals surface area contributed by atoms with Gasteiger partial charge in [0.2, 0.25) is 0 Å². The van der Waals surface area contributed by atoms with Crippen LogP contribution >= 0.6 is 0 Å². The van der Waals surface area contributed by atoms with Gasteiger partial charge >= 0.3 is 5.97 Å². The smallest absolute Gasteiger partial charge is 0.311 e.